The number of nitrogens with zero attached hydrogens (tertiary/aromatic N) is 2. The molecule has 1 heterocycles. The first-order chi connectivity index (χ1) is 18.4. The van der Waals surface area contributed by atoms with E-state index in [2.05, 4.69) is 10.2 Å². The molecule has 1 aliphatic heterocycles. The fourth-order valence-electron chi connectivity index (χ4n) is 4.93. The van der Waals surface area contributed by atoms with E-state index in [9.17, 15) is 19.1 Å². The maximum Gasteiger partial charge on any atom is 0.412 e. The van der Waals surface area contributed by atoms with Crippen LogP contribution in [0.5, 0.6) is 0 Å². The van der Waals surface area contributed by atoms with Gasteiger partial charge in [-0.15, -0.1) is 0 Å². The number of aliphatic hydroxyl groups excluding tert-OH is 1. The molecule has 0 atom stereocenters. The Balaban J connectivity index is 1.50. The molecule has 0 bridgehead atoms. The molecule has 1 saturated heterocycles. The van der Waals surface area contributed by atoms with Gasteiger partial charge in [-0.2, -0.15) is 0 Å². The van der Waals surface area contributed by atoms with Gasteiger partial charge in [0.05, 0.1) is 18.0 Å². The number of aryl methyl sites for hydroxylation is 1. The number of carbonyl (C=O) groups is 2. The van der Waals surface area contributed by atoms with Crippen LogP contribution in [-0.4, -0.2) is 53.3 Å². The summed E-state index contributed by atoms with van der Waals surface area (Å²) < 4.78 is 14.1. The van der Waals surface area contributed by atoms with Crippen LogP contribution in [0, 0.1) is 5.82 Å². The van der Waals surface area contributed by atoms with E-state index in [0.717, 1.165) is 42.6 Å². The molecule has 3 aromatic carbocycles. The van der Waals surface area contributed by atoms with Crippen molar-refractivity contribution in [3.8, 4) is 11.1 Å². The summed E-state index contributed by atoms with van der Waals surface area (Å²) in [5, 5.41) is 22.0. The topological polar surface area (TPSA) is 93.1 Å². The molecule has 0 radical (unpaired) electrons. The number of likely N-dealkylation sites (tertiary alicyclic amines) is 1. The number of aliphatic hydroxyl groups is 1. The maximum atomic E-state index is 14.1. The summed E-state index contributed by atoms with van der Waals surface area (Å²) in [6, 6.07) is 19.7. The van der Waals surface area contributed by atoms with Gasteiger partial charge >= 0.3 is 6.09 Å². The SMILES string of the molecule is CN1CCC(N(C(=O)O)c2cc(CCCC(=O)Nc3ccc(CO)cc3F)ccc2-c2ccccc2)CC1. The number of halogens is 1. The molecule has 2 amide bonds. The van der Waals surface area contributed by atoms with Crippen molar-refractivity contribution >= 4 is 23.4 Å². The lowest BCUT2D eigenvalue weighted by Crippen LogP contribution is -2.46. The molecular weight excluding hydrogens is 485 g/mol. The predicted octanol–water partition coefficient (Wildman–Crippen LogP) is 5.53. The van der Waals surface area contributed by atoms with Crippen molar-refractivity contribution in [2.45, 2.75) is 44.8 Å². The lowest BCUT2D eigenvalue weighted by molar-refractivity contribution is -0.116. The number of rotatable bonds is 9. The third-order valence-corrected chi connectivity index (χ3v) is 7.03. The first-order valence-corrected chi connectivity index (χ1v) is 12.9. The van der Waals surface area contributed by atoms with Crippen LogP contribution in [0.3, 0.4) is 0 Å². The Morgan fingerprint density at radius 2 is 1.74 bits per heavy atom. The van der Waals surface area contributed by atoms with E-state index < -0.39 is 11.9 Å². The summed E-state index contributed by atoms with van der Waals surface area (Å²) in [6.45, 7) is 1.41. The summed E-state index contributed by atoms with van der Waals surface area (Å²) in [7, 11) is 2.05. The van der Waals surface area contributed by atoms with E-state index in [0.29, 0.717) is 24.1 Å². The smallest absolute Gasteiger partial charge is 0.412 e. The molecule has 1 aliphatic rings. The Bertz CT molecular complexity index is 1260. The molecule has 0 aromatic heterocycles. The molecule has 38 heavy (non-hydrogen) atoms. The van der Waals surface area contributed by atoms with Crippen molar-refractivity contribution in [1.29, 1.82) is 0 Å². The van der Waals surface area contributed by atoms with E-state index in [1.165, 1.54) is 17.0 Å². The highest BCUT2D eigenvalue weighted by Gasteiger charge is 2.30. The largest absolute Gasteiger partial charge is 0.465 e. The third kappa shape index (κ3) is 6.76. The molecule has 0 aliphatic carbocycles. The van der Waals surface area contributed by atoms with Gasteiger partial charge in [0.25, 0.3) is 0 Å². The van der Waals surface area contributed by atoms with Crippen molar-refractivity contribution in [2.24, 2.45) is 0 Å². The van der Waals surface area contributed by atoms with Gasteiger partial charge in [0.15, 0.2) is 0 Å². The van der Waals surface area contributed by atoms with Crippen LogP contribution in [0.4, 0.5) is 20.6 Å². The fraction of sp³-hybridized carbons (Fsp3) is 0.333. The van der Waals surface area contributed by atoms with Gasteiger partial charge in [0.2, 0.25) is 5.91 Å². The molecule has 3 N–H and O–H groups in total. The van der Waals surface area contributed by atoms with Gasteiger partial charge < -0.3 is 20.4 Å². The van der Waals surface area contributed by atoms with Crippen molar-refractivity contribution in [1.82, 2.24) is 4.90 Å². The first kappa shape index (κ1) is 27.3. The second-order valence-electron chi connectivity index (χ2n) is 9.78. The highest BCUT2D eigenvalue weighted by Crippen LogP contribution is 2.35. The summed E-state index contributed by atoms with van der Waals surface area (Å²) >= 11 is 0. The van der Waals surface area contributed by atoms with Crippen LogP contribution < -0.4 is 10.2 Å². The van der Waals surface area contributed by atoms with Crippen LogP contribution >= 0.6 is 0 Å². The van der Waals surface area contributed by atoms with E-state index in [-0.39, 0.29) is 30.7 Å². The highest BCUT2D eigenvalue weighted by atomic mass is 19.1. The van der Waals surface area contributed by atoms with Gasteiger partial charge in [0.1, 0.15) is 5.82 Å². The Morgan fingerprint density at radius 3 is 2.39 bits per heavy atom. The quantitative estimate of drug-likeness (QED) is 0.346. The molecule has 0 spiro atoms. The predicted molar refractivity (Wildman–Crippen MR) is 147 cm³/mol. The zero-order chi connectivity index (χ0) is 27.1. The average Bonchev–Trinajstić information content (AvgIpc) is 2.91. The molecule has 3 aromatic rings. The Hall–Kier alpha value is -3.75. The first-order valence-electron chi connectivity index (χ1n) is 12.9. The standard InChI is InChI=1S/C30H34FN3O4/c1-33-16-14-24(15-17-33)34(30(37)38)28-19-21(10-12-25(28)23-7-3-2-4-8-23)6-5-9-29(36)32-27-13-11-22(20-35)18-26(27)31/h2-4,7-8,10-13,18-19,24,35H,5-6,9,14-17,20H2,1H3,(H,32,36)(H,37,38). The summed E-state index contributed by atoms with van der Waals surface area (Å²) in [4.78, 5) is 28.7. The third-order valence-electron chi connectivity index (χ3n) is 7.03. The zero-order valence-corrected chi connectivity index (χ0v) is 21.6. The van der Waals surface area contributed by atoms with Crippen LogP contribution in [0.25, 0.3) is 11.1 Å². The lowest BCUT2D eigenvalue weighted by atomic mass is 9.96. The maximum absolute atomic E-state index is 14.1. The lowest BCUT2D eigenvalue weighted by Gasteiger charge is -2.36. The van der Waals surface area contributed by atoms with Gasteiger partial charge in [-0.1, -0.05) is 48.5 Å². The van der Waals surface area contributed by atoms with E-state index in [4.69, 9.17) is 5.11 Å². The molecular formula is C30H34FN3O4. The van der Waals surface area contributed by atoms with Crippen molar-refractivity contribution in [3.63, 3.8) is 0 Å². The molecule has 200 valence electrons. The normalized spacial score (nSPS) is 14.3. The summed E-state index contributed by atoms with van der Waals surface area (Å²) in [6.07, 6.45) is 1.83. The summed E-state index contributed by atoms with van der Waals surface area (Å²) in [5.74, 6) is -0.894. The minimum Gasteiger partial charge on any atom is -0.465 e. The molecule has 0 saturated carbocycles. The number of piperidine rings is 1. The minimum absolute atomic E-state index is 0.0805. The number of hydrogen-bond acceptors (Lipinski definition) is 4. The van der Waals surface area contributed by atoms with E-state index in [1.54, 1.807) is 6.07 Å². The highest BCUT2D eigenvalue weighted by molar-refractivity contribution is 5.94. The summed E-state index contributed by atoms with van der Waals surface area (Å²) in [5.41, 5.74) is 3.91. The number of carboxylic acid groups (broad SMARTS) is 1. The van der Waals surface area contributed by atoms with E-state index >= 15 is 0 Å². The average molecular weight is 520 g/mol. The van der Waals surface area contributed by atoms with E-state index in [1.807, 2.05) is 55.6 Å². The second kappa shape index (κ2) is 12.7. The van der Waals surface area contributed by atoms with Crippen molar-refractivity contribution in [2.75, 3.05) is 30.4 Å². The molecule has 4 rings (SSSR count). The zero-order valence-electron chi connectivity index (χ0n) is 21.6. The molecule has 1 fully saturated rings. The number of anilines is 2. The van der Waals surface area contributed by atoms with Crippen LogP contribution in [0.1, 0.15) is 36.8 Å². The Labute approximate surface area is 222 Å². The molecule has 7 nitrogen and oxygen atoms in total. The molecule has 0 unspecified atom stereocenters. The van der Waals surface area contributed by atoms with Crippen molar-refractivity contribution in [3.05, 3.63) is 83.7 Å². The van der Waals surface area contributed by atoms with Crippen LogP contribution in [0.15, 0.2) is 66.7 Å². The number of carbonyl (C=O) groups excluding carboxylic acids is 1. The van der Waals surface area contributed by atoms with Gasteiger partial charge in [-0.05, 0) is 80.7 Å². The molecule has 8 heteroatoms. The number of nitrogens with one attached hydrogen (secondary N) is 1. The number of hydrogen-bond donors (Lipinski definition) is 3. The Kier molecular flexibility index (Phi) is 9.10. The minimum atomic E-state index is -0.970. The Morgan fingerprint density at radius 1 is 1.03 bits per heavy atom. The monoisotopic (exact) mass is 519 g/mol. The second-order valence-corrected chi connectivity index (χ2v) is 9.78. The van der Waals surface area contributed by atoms with Crippen LogP contribution in [-0.2, 0) is 17.8 Å². The number of benzene rings is 3. The fourth-order valence-corrected chi connectivity index (χ4v) is 4.93. The van der Waals surface area contributed by atoms with Gasteiger partial charge in [-0.3, -0.25) is 9.69 Å². The van der Waals surface area contributed by atoms with Gasteiger partial charge in [-0.25, -0.2) is 9.18 Å². The van der Waals surface area contributed by atoms with Gasteiger partial charge in [0, 0.05) is 18.0 Å². The van der Waals surface area contributed by atoms with Crippen LogP contribution in [0.2, 0.25) is 0 Å². The van der Waals surface area contributed by atoms with Crippen molar-refractivity contribution < 1.29 is 24.2 Å². The number of amides is 2.